The summed E-state index contributed by atoms with van der Waals surface area (Å²) >= 11 is 6.16. The van der Waals surface area contributed by atoms with E-state index in [-0.39, 0.29) is 12.5 Å². The lowest BCUT2D eigenvalue weighted by Crippen LogP contribution is -2.24. The second-order valence-corrected chi connectivity index (χ2v) is 6.37. The number of rotatable bonds is 6. The Balaban J connectivity index is 1.54. The minimum Gasteiger partial charge on any atom is -0.483 e. The number of nitrogens with zero attached hydrogens (tertiary/aromatic N) is 1. The maximum absolute atomic E-state index is 11.9. The third-order valence-electron chi connectivity index (χ3n) is 4.06. The van der Waals surface area contributed by atoms with Gasteiger partial charge in [0, 0.05) is 5.56 Å². The molecular formula is C21H19ClN2O3. The molecule has 0 atom stereocenters. The van der Waals surface area contributed by atoms with Gasteiger partial charge in [-0.3, -0.25) is 4.79 Å². The number of nitrogens with one attached hydrogen (secondary N) is 1. The van der Waals surface area contributed by atoms with E-state index < -0.39 is 0 Å². The molecule has 3 rings (SSSR count). The zero-order valence-electron chi connectivity index (χ0n) is 15.0. The first-order valence-electron chi connectivity index (χ1n) is 8.40. The van der Waals surface area contributed by atoms with Crippen LogP contribution in [-0.2, 0) is 4.79 Å². The largest absolute Gasteiger partial charge is 0.483 e. The van der Waals surface area contributed by atoms with E-state index in [1.807, 2.05) is 50.2 Å². The molecule has 0 aliphatic rings. The van der Waals surface area contributed by atoms with Crippen molar-refractivity contribution >= 4 is 23.7 Å². The number of halogens is 1. The fraction of sp³-hybridized carbons (Fsp3) is 0.143. The first-order chi connectivity index (χ1) is 13.0. The van der Waals surface area contributed by atoms with E-state index in [9.17, 15) is 4.79 Å². The van der Waals surface area contributed by atoms with Gasteiger partial charge in [0.15, 0.2) is 6.61 Å². The molecule has 1 amide bonds. The van der Waals surface area contributed by atoms with Crippen LogP contribution in [0.3, 0.4) is 0 Å². The van der Waals surface area contributed by atoms with Crippen molar-refractivity contribution in [3.8, 4) is 17.1 Å². The molecule has 0 spiro atoms. The summed E-state index contributed by atoms with van der Waals surface area (Å²) < 4.78 is 11.2. The van der Waals surface area contributed by atoms with E-state index in [1.165, 1.54) is 6.21 Å². The Morgan fingerprint density at radius 1 is 1.15 bits per heavy atom. The van der Waals surface area contributed by atoms with E-state index in [0.29, 0.717) is 22.3 Å². The van der Waals surface area contributed by atoms with Gasteiger partial charge in [-0.25, -0.2) is 5.43 Å². The summed E-state index contributed by atoms with van der Waals surface area (Å²) in [4.78, 5) is 11.9. The number of amides is 1. The number of benzene rings is 2. The Kier molecular flexibility index (Phi) is 5.94. The topological polar surface area (TPSA) is 63.8 Å². The smallest absolute Gasteiger partial charge is 0.277 e. The Bertz CT molecular complexity index is 979. The van der Waals surface area contributed by atoms with Gasteiger partial charge in [0.25, 0.3) is 5.91 Å². The van der Waals surface area contributed by atoms with E-state index in [1.54, 1.807) is 18.2 Å². The number of carbonyl (C=O) groups excluding carboxylic acids is 1. The molecule has 0 bridgehead atoms. The standard InChI is InChI=1S/C21H19ClN2O3/c1-14-6-5-9-19(15(14)2)26-13-21(25)24-23-12-16-10-11-20(27-16)17-7-3-4-8-18(17)22/h3-12H,13H2,1-2H3,(H,24,25). The quantitative estimate of drug-likeness (QED) is 0.494. The van der Waals surface area contributed by atoms with Crippen molar-refractivity contribution in [2.24, 2.45) is 5.10 Å². The predicted octanol–water partition coefficient (Wildman–Crippen LogP) is 4.75. The summed E-state index contributed by atoms with van der Waals surface area (Å²) in [5.74, 6) is 1.46. The Labute approximate surface area is 162 Å². The van der Waals surface area contributed by atoms with Crippen molar-refractivity contribution in [2.45, 2.75) is 13.8 Å². The van der Waals surface area contributed by atoms with E-state index >= 15 is 0 Å². The highest BCUT2D eigenvalue weighted by atomic mass is 35.5. The van der Waals surface area contributed by atoms with Crippen LogP contribution in [0.2, 0.25) is 5.02 Å². The highest BCUT2D eigenvalue weighted by Crippen LogP contribution is 2.28. The molecule has 0 aliphatic heterocycles. The molecule has 0 fully saturated rings. The van der Waals surface area contributed by atoms with Gasteiger partial charge in [-0.2, -0.15) is 5.10 Å². The first kappa shape index (κ1) is 18.7. The number of carbonyl (C=O) groups is 1. The average molecular weight is 383 g/mol. The van der Waals surface area contributed by atoms with Crippen molar-refractivity contribution < 1.29 is 13.9 Å². The molecule has 2 aromatic carbocycles. The second kappa shape index (κ2) is 8.56. The normalized spacial score (nSPS) is 10.9. The second-order valence-electron chi connectivity index (χ2n) is 5.96. The monoisotopic (exact) mass is 382 g/mol. The van der Waals surface area contributed by atoms with Gasteiger partial charge in [0.1, 0.15) is 17.3 Å². The molecule has 3 aromatic rings. The summed E-state index contributed by atoms with van der Waals surface area (Å²) in [6, 6.07) is 16.7. The van der Waals surface area contributed by atoms with Gasteiger partial charge in [-0.1, -0.05) is 35.9 Å². The number of ether oxygens (including phenoxy) is 1. The maximum atomic E-state index is 11.9. The summed E-state index contributed by atoms with van der Waals surface area (Å²) in [6.07, 6.45) is 1.43. The Morgan fingerprint density at radius 2 is 1.96 bits per heavy atom. The summed E-state index contributed by atoms with van der Waals surface area (Å²) in [5.41, 5.74) is 5.33. The average Bonchev–Trinajstić information content (AvgIpc) is 3.12. The SMILES string of the molecule is Cc1cccc(OCC(=O)NN=Cc2ccc(-c3ccccc3Cl)o2)c1C. The molecular weight excluding hydrogens is 364 g/mol. The zero-order chi connectivity index (χ0) is 19.2. The van der Waals surface area contributed by atoms with Crippen molar-refractivity contribution in [1.29, 1.82) is 0 Å². The van der Waals surface area contributed by atoms with Crippen LogP contribution >= 0.6 is 11.6 Å². The molecule has 6 heteroatoms. The van der Waals surface area contributed by atoms with Crippen LogP contribution in [-0.4, -0.2) is 18.7 Å². The van der Waals surface area contributed by atoms with Crippen molar-refractivity contribution in [3.63, 3.8) is 0 Å². The molecule has 0 saturated heterocycles. The van der Waals surface area contributed by atoms with Crippen molar-refractivity contribution in [1.82, 2.24) is 5.43 Å². The number of hydrogen-bond donors (Lipinski definition) is 1. The van der Waals surface area contributed by atoms with E-state index in [2.05, 4.69) is 10.5 Å². The van der Waals surface area contributed by atoms with Gasteiger partial charge < -0.3 is 9.15 Å². The molecule has 1 aromatic heterocycles. The van der Waals surface area contributed by atoms with Gasteiger partial charge in [-0.05, 0) is 55.3 Å². The Morgan fingerprint density at radius 3 is 2.78 bits per heavy atom. The molecule has 138 valence electrons. The van der Waals surface area contributed by atoms with Crippen LogP contribution in [0.25, 0.3) is 11.3 Å². The molecule has 1 heterocycles. The predicted molar refractivity (Wildman–Crippen MR) is 106 cm³/mol. The molecule has 0 saturated carbocycles. The molecule has 0 unspecified atom stereocenters. The molecule has 27 heavy (non-hydrogen) atoms. The number of furan rings is 1. The number of aryl methyl sites for hydroxylation is 1. The zero-order valence-corrected chi connectivity index (χ0v) is 15.8. The van der Waals surface area contributed by atoms with Crippen LogP contribution in [0.1, 0.15) is 16.9 Å². The third kappa shape index (κ3) is 4.77. The third-order valence-corrected chi connectivity index (χ3v) is 4.39. The lowest BCUT2D eigenvalue weighted by Gasteiger charge is -2.09. The van der Waals surface area contributed by atoms with E-state index in [4.69, 9.17) is 20.8 Å². The van der Waals surface area contributed by atoms with Gasteiger partial charge in [0.05, 0.1) is 11.2 Å². The van der Waals surface area contributed by atoms with Crippen LogP contribution in [0, 0.1) is 13.8 Å². The minimum absolute atomic E-state index is 0.120. The lowest BCUT2D eigenvalue weighted by molar-refractivity contribution is -0.123. The Hall–Kier alpha value is -3.05. The minimum atomic E-state index is -0.356. The fourth-order valence-corrected chi connectivity index (χ4v) is 2.68. The van der Waals surface area contributed by atoms with Gasteiger partial charge in [-0.15, -0.1) is 0 Å². The highest BCUT2D eigenvalue weighted by Gasteiger charge is 2.08. The lowest BCUT2D eigenvalue weighted by atomic mass is 10.1. The van der Waals surface area contributed by atoms with Crippen LogP contribution < -0.4 is 10.2 Å². The van der Waals surface area contributed by atoms with Gasteiger partial charge in [0.2, 0.25) is 0 Å². The summed E-state index contributed by atoms with van der Waals surface area (Å²) in [6.45, 7) is 3.83. The first-order valence-corrected chi connectivity index (χ1v) is 8.78. The number of hydrazone groups is 1. The van der Waals surface area contributed by atoms with Crippen molar-refractivity contribution in [3.05, 3.63) is 76.5 Å². The van der Waals surface area contributed by atoms with Crippen molar-refractivity contribution in [2.75, 3.05) is 6.61 Å². The van der Waals surface area contributed by atoms with Crippen LogP contribution in [0.4, 0.5) is 0 Å². The summed E-state index contributed by atoms with van der Waals surface area (Å²) in [5, 5.41) is 4.50. The van der Waals surface area contributed by atoms with Crippen LogP contribution in [0.5, 0.6) is 5.75 Å². The fourth-order valence-electron chi connectivity index (χ4n) is 2.45. The number of hydrogen-bond acceptors (Lipinski definition) is 4. The molecule has 0 aliphatic carbocycles. The maximum Gasteiger partial charge on any atom is 0.277 e. The summed E-state index contributed by atoms with van der Waals surface area (Å²) in [7, 11) is 0. The molecule has 5 nitrogen and oxygen atoms in total. The van der Waals surface area contributed by atoms with Gasteiger partial charge >= 0.3 is 0 Å². The molecule has 0 radical (unpaired) electrons. The van der Waals surface area contributed by atoms with Crippen LogP contribution in [0.15, 0.2) is 64.1 Å². The molecule has 1 N–H and O–H groups in total. The van der Waals surface area contributed by atoms with E-state index in [0.717, 1.165) is 16.7 Å². The highest BCUT2D eigenvalue weighted by molar-refractivity contribution is 6.33.